The molecule has 1 atom stereocenters. The number of rotatable bonds is 26. The van der Waals surface area contributed by atoms with E-state index in [-0.39, 0.29) is 13.2 Å². The van der Waals surface area contributed by atoms with E-state index in [1.165, 1.54) is 135 Å². The van der Waals surface area contributed by atoms with Crippen molar-refractivity contribution in [2.45, 2.75) is 154 Å². The van der Waals surface area contributed by atoms with Crippen LogP contribution in [0.3, 0.4) is 0 Å². The van der Waals surface area contributed by atoms with Crippen molar-refractivity contribution in [2.75, 3.05) is 19.8 Å². The second-order valence-corrected chi connectivity index (χ2v) is 9.34. The van der Waals surface area contributed by atoms with Gasteiger partial charge in [0, 0.05) is 6.61 Å². The third-order valence-electron chi connectivity index (χ3n) is 6.16. The molecule has 0 unspecified atom stereocenters. The van der Waals surface area contributed by atoms with E-state index in [2.05, 4.69) is 6.92 Å². The number of hydrogen-bond acceptors (Lipinski definition) is 3. The summed E-state index contributed by atoms with van der Waals surface area (Å²) < 4.78 is 5.32. The van der Waals surface area contributed by atoms with E-state index in [1.54, 1.807) is 0 Å². The predicted octanol–water partition coefficient (Wildman–Crippen LogP) is 7.96. The molecule has 0 aliphatic carbocycles. The smallest absolute Gasteiger partial charge is 0.100 e. The first kappa shape index (κ1) is 29.9. The summed E-state index contributed by atoms with van der Waals surface area (Å²) in [5, 5.41) is 17.8. The molecule has 2 N–H and O–H groups in total. The molecule has 3 heteroatoms. The summed E-state index contributed by atoms with van der Waals surface area (Å²) in [6, 6.07) is 0. The average molecular weight is 429 g/mol. The van der Waals surface area contributed by atoms with Gasteiger partial charge in [0.2, 0.25) is 0 Å². The fourth-order valence-electron chi connectivity index (χ4n) is 4.08. The minimum atomic E-state index is -0.718. The topological polar surface area (TPSA) is 49.7 Å². The van der Waals surface area contributed by atoms with E-state index in [0.717, 1.165) is 6.42 Å². The Balaban J connectivity index is 3.00. The summed E-state index contributed by atoms with van der Waals surface area (Å²) in [5.74, 6) is 0. The second kappa shape index (κ2) is 26.9. The van der Waals surface area contributed by atoms with Gasteiger partial charge >= 0.3 is 0 Å². The number of aliphatic hydroxyl groups is 2. The Kier molecular flexibility index (Phi) is 26.8. The van der Waals surface area contributed by atoms with Crippen LogP contribution in [0.25, 0.3) is 0 Å². The van der Waals surface area contributed by atoms with Crippen LogP contribution in [0.4, 0.5) is 0 Å². The van der Waals surface area contributed by atoms with E-state index in [1.807, 2.05) is 0 Å². The molecule has 30 heavy (non-hydrogen) atoms. The molecule has 0 spiro atoms. The summed E-state index contributed by atoms with van der Waals surface area (Å²) in [6.07, 6.45) is 30.1. The van der Waals surface area contributed by atoms with Gasteiger partial charge in [-0.3, -0.25) is 0 Å². The van der Waals surface area contributed by atoms with Crippen molar-refractivity contribution in [1.29, 1.82) is 0 Å². The molecule has 0 amide bonds. The SMILES string of the molecule is CCCCCCCCCCCCCCCCCCCCCCCCOC[C@@H](O)CO. The molecule has 0 aliphatic heterocycles. The Morgan fingerprint density at radius 1 is 0.500 bits per heavy atom. The van der Waals surface area contributed by atoms with Crippen LogP contribution in [-0.4, -0.2) is 36.1 Å². The summed E-state index contributed by atoms with van der Waals surface area (Å²) in [7, 11) is 0. The van der Waals surface area contributed by atoms with Gasteiger partial charge in [-0.2, -0.15) is 0 Å². The van der Waals surface area contributed by atoms with Crippen molar-refractivity contribution in [3.63, 3.8) is 0 Å². The molecule has 0 aliphatic rings. The molecule has 0 bridgehead atoms. The van der Waals surface area contributed by atoms with Gasteiger partial charge in [-0.1, -0.05) is 142 Å². The second-order valence-electron chi connectivity index (χ2n) is 9.34. The Morgan fingerprint density at radius 3 is 1.10 bits per heavy atom. The van der Waals surface area contributed by atoms with Gasteiger partial charge < -0.3 is 14.9 Å². The summed E-state index contributed by atoms with van der Waals surface area (Å²) in [6.45, 7) is 3.05. The van der Waals surface area contributed by atoms with Crippen LogP contribution in [-0.2, 0) is 4.74 Å². The van der Waals surface area contributed by atoms with Gasteiger partial charge in [-0.15, -0.1) is 0 Å². The zero-order chi connectivity index (χ0) is 22.0. The maximum absolute atomic E-state index is 9.16. The molecule has 0 fully saturated rings. The minimum Gasteiger partial charge on any atom is -0.394 e. The van der Waals surface area contributed by atoms with Crippen LogP contribution < -0.4 is 0 Å². The van der Waals surface area contributed by atoms with Crippen LogP contribution >= 0.6 is 0 Å². The van der Waals surface area contributed by atoms with Crippen LogP contribution in [0.2, 0.25) is 0 Å². The molecular formula is C27H56O3. The van der Waals surface area contributed by atoms with Crippen molar-refractivity contribution in [3.05, 3.63) is 0 Å². The lowest BCUT2D eigenvalue weighted by Gasteiger charge is -2.08. The Hall–Kier alpha value is -0.120. The standard InChI is InChI=1S/C27H56O3/c1-2-3-4-5-6-7-8-9-10-11-12-13-14-15-16-17-18-19-20-21-22-23-24-30-26-27(29)25-28/h27-29H,2-26H2,1H3/t27-/m0/s1. The van der Waals surface area contributed by atoms with Crippen molar-refractivity contribution in [2.24, 2.45) is 0 Å². The summed E-state index contributed by atoms with van der Waals surface area (Å²) >= 11 is 0. The fraction of sp³-hybridized carbons (Fsp3) is 1.00. The van der Waals surface area contributed by atoms with Crippen molar-refractivity contribution >= 4 is 0 Å². The normalized spacial score (nSPS) is 12.5. The number of unbranched alkanes of at least 4 members (excludes halogenated alkanes) is 21. The molecule has 3 nitrogen and oxygen atoms in total. The van der Waals surface area contributed by atoms with Gasteiger partial charge in [0.1, 0.15) is 6.10 Å². The fourth-order valence-corrected chi connectivity index (χ4v) is 4.08. The summed E-state index contributed by atoms with van der Waals surface area (Å²) in [5.41, 5.74) is 0. The summed E-state index contributed by atoms with van der Waals surface area (Å²) in [4.78, 5) is 0. The van der Waals surface area contributed by atoms with Crippen molar-refractivity contribution < 1.29 is 14.9 Å². The van der Waals surface area contributed by atoms with Crippen LogP contribution in [0.5, 0.6) is 0 Å². The highest BCUT2D eigenvalue weighted by molar-refractivity contribution is 4.52. The van der Waals surface area contributed by atoms with Gasteiger partial charge in [0.05, 0.1) is 13.2 Å². The molecule has 0 aromatic rings. The van der Waals surface area contributed by atoms with Crippen LogP contribution in [0, 0.1) is 0 Å². The average Bonchev–Trinajstić information content (AvgIpc) is 2.76. The first-order valence-corrected chi connectivity index (χ1v) is 13.7. The third kappa shape index (κ3) is 25.9. The Morgan fingerprint density at radius 2 is 0.800 bits per heavy atom. The number of ether oxygens (including phenoxy) is 1. The molecule has 0 radical (unpaired) electrons. The lowest BCUT2D eigenvalue weighted by molar-refractivity contribution is 0.00526. The van der Waals surface area contributed by atoms with Crippen LogP contribution in [0.15, 0.2) is 0 Å². The van der Waals surface area contributed by atoms with Gasteiger partial charge in [-0.05, 0) is 6.42 Å². The van der Waals surface area contributed by atoms with E-state index in [0.29, 0.717) is 6.61 Å². The predicted molar refractivity (Wildman–Crippen MR) is 131 cm³/mol. The van der Waals surface area contributed by atoms with Crippen molar-refractivity contribution in [1.82, 2.24) is 0 Å². The molecule has 0 saturated heterocycles. The minimum absolute atomic E-state index is 0.209. The zero-order valence-electron chi connectivity index (χ0n) is 20.6. The largest absolute Gasteiger partial charge is 0.394 e. The van der Waals surface area contributed by atoms with Gasteiger partial charge in [0.25, 0.3) is 0 Å². The maximum Gasteiger partial charge on any atom is 0.100 e. The highest BCUT2D eigenvalue weighted by Gasteiger charge is 2.00. The molecule has 0 aromatic heterocycles. The monoisotopic (exact) mass is 428 g/mol. The number of hydrogen-bond donors (Lipinski definition) is 2. The van der Waals surface area contributed by atoms with E-state index in [4.69, 9.17) is 14.9 Å². The van der Waals surface area contributed by atoms with Gasteiger partial charge in [0.15, 0.2) is 0 Å². The zero-order valence-corrected chi connectivity index (χ0v) is 20.6. The highest BCUT2D eigenvalue weighted by atomic mass is 16.5. The number of aliphatic hydroxyl groups excluding tert-OH is 2. The first-order chi connectivity index (χ1) is 14.8. The van der Waals surface area contributed by atoms with E-state index >= 15 is 0 Å². The Labute approximate surface area is 189 Å². The molecule has 0 heterocycles. The molecule has 0 saturated carbocycles. The van der Waals surface area contributed by atoms with E-state index < -0.39 is 6.10 Å². The molecule has 0 aromatic carbocycles. The molecule has 0 rings (SSSR count). The molecular weight excluding hydrogens is 372 g/mol. The quantitative estimate of drug-likeness (QED) is 0.137. The first-order valence-electron chi connectivity index (χ1n) is 13.7. The van der Waals surface area contributed by atoms with Gasteiger partial charge in [-0.25, -0.2) is 0 Å². The molecule has 182 valence electrons. The lowest BCUT2D eigenvalue weighted by Crippen LogP contribution is -2.19. The maximum atomic E-state index is 9.16. The van der Waals surface area contributed by atoms with Crippen molar-refractivity contribution in [3.8, 4) is 0 Å². The van der Waals surface area contributed by atoms with Crippen LogP contribution in [0.1, 0.15) is 148 Å². The highest BCUT2D eigenvalue weighted by Crippen LogP contribution is 2.15. The van der Waals surface area contributed by atoms with E-state index in [9.17, 15) is 0 Å². The third-order valence-corrected chi connectivity index (χ3v) is 6.16. The lowest BCUT2D eigenvalue weighted by atomic mass is 10.0. The Bertz CT molecular complexity index is 296.